The van der Waals surface area contributed by atoms with E-state index >= 15 is 0 Å². The van der Waals surface area contributed by atoms with Gasteiger partial charge in [0.15, 0.2) is 11.5 Å². The van der Waals surface area contributed by atoms with Gasteiger partial charge in [-0.1, -0.05) is 29.3 Å². The van der Waals surface area contributed by atoms with Gasteiger partial charge in [0, 0.05) is 5.02 Å². The molecule has 2 amide bonds. The number of hydrogen-bond acceptors (Lipinski definition) is 5. The number of hydrogen-bond donors (Lipinski definition) is 0. The van der Waals surface area contributed by atoms with Gasteiger partial charge in [0.05, 0.1) is 32.6 Å². The Kier molecular flexibility index (Phi) is 5.30. The van der Waals surface area contributed by atoms with Crippen molar-refractivity contribution in [1.29, 1.82) is 0 Å². The number of rotatable bonds is 5. The fourth-order valence-electron chi connectivity index (χ4n) is 2.80. The molecule has 0 aliphatic carbocycles. The molecule has 1 aliphatic rings. The van der Waals surface area contributed by atoms with E-state index in [1.165, 1.54) is 27.4 Å². The van der Waals surface area contributed by atoms with Crippen molar-refractivity contribution in [3.63, 3.8) is 0 Å². The Morgan fingerprint density at radius 2 is 1.41 bits per heavy atom. The van der Waals surface area contributed by atoms with Crippen LogP contribution in [0.15, 0.2) is 41.4 Å². The topological polar surface area (TPSA) is 65.1 Å². The van der Waals surface area contributed by atoms with Gasteiger partial charge in [-0.25, -0.2) is 4.90 Å². The molecular formula is C19H15Cl2NO5. The second kappa shape index (κ2) is 7.50. The van der Waals surface area contributed by atoms with Crippen LogP contribution >= 0.6 is 23.2 Å². The van der Waals surface area contributed by atoms with E-state index in [9.17, 15) is 9.59 Å². The first-order chi connectivity index (χ1) is 12.9. The molecule has 0 unspecified atom stereocenters. The first kappa shape index (κ1) is 19.1. The van der Waals surface area contributed by atoms with Crippen LogP contribution < -0.4 is 19.1 Å². The predicted octanol–water partition coefficient (Wildman–Crippen LogP) is 3.89. The number of benzene rings is 2. The van der Waals surface area contributed by atoms with Crippen molar-refractivity contribution in [2.75, 3.05) is 26.2 Å². The summed E-state index contributed by atoms with van der Waals surface area (Å²) in [5.74, 6) is -0.0296. The quantitative estimate of drug-likeness (QED) is 0.703. The highest BCUT2D eigenvalue weighted by atomic mass is 35.5. The van der Waals surface area contributed by atoms with Crippen LogP contribution in [0.3, 0.4) is 0 Å². The zero-order valence-corrected chi connectivity index (χ0v) is 16.2. The molecule has 6 nitrogen and oxygen atoms in total. The molecule has 8 heteroatoms. The Morgan fingerprint density at radius 1 is 0.778 bits per heavy atom. The van der Waals surface area contributed by atoms with Gasteiger partial charge in [-0.3, -0.25) is 9.59 Å². The van der Waals surface area contributed by atoms with Crippen molar-refractivity contribution >= 4 is 46.3 Å². The summed E-state index contributed by atoms with van der Waals surface area (Å²) in [7, 11) is 4.41. The van der Waals surface area contributed by atoms with E-state index in [-0.39, 0.29) is 16.3 Å². The zero-order chi connectivity index (χ0) is 19.7. The van der Waals surface area contributed by atoms with Crippen LogP contribution in [0.1, 0.15) is 5.56 Å². The monoisotopic (exact) mass is 407 g/mol. The zero-order valence-electron chi connectivity index (χ0n) is 14.7. The SMILES string of the molecule is COc1ccc(C2=C(Cl)C(=O)N(c3cc(Cl)ccc3OC)C2=O)cc1OC. The number of halogens is 2. The average molecular weight is 408 g/mol. The lowest BCUT2D eigenvalue weighted by molar-refractivity contribution is -0.119. The Bertz CT molecular complexity index is 971. The molecule has 0 atom stereocenters. The smallest absolute Gasteiger partial charge is 0.277 e. The maximum absolute atomic E-state index is 13.1. The molecule has 140 valence electrons. The Balaban J connectivity index is 2.09. The minimum Gasteiger partial charge on any atom is -0.495 e. The third-order valence-corrected chi connectivity index (χ3v) is 4.67. The molecule has 0 spiro atoms. The number of methoxy groups -OCH3 is 3. The van der Waals surface area contributed by atoms with Crippen LogP contribution in [0.4, 0.5) is 5.69 Å². The van der Waals surface area contributed by atoms with Crippen molar-refractivity contribution in [3.8, 4) is 17.2 Å². The standard InChI is InChI=1S/C19H15Cl2NO5/c1-25-13-7-5-11(20)9-12(13)22-18(23)16(17(21)19(22)24)10-4-6-14(26-2)15(8-10)27-3/h4-9H,1-3H3. The first-order valence-electron chi connectivity index (χ1n) is 7.77. The lowest BCUT2D eigenvalue weighted by Crippen LogP contribution is -2.31. The molecule has 0 aromatic heterocycles. The maximum Gasteiger partial charge on any atom is 0.277 e. The van der Waals surface area contributed by atoms with Crippen LogP contribution in [0.2, 0.25) is 5.02 Å². The summed E-state index contributed by atoms with van der Waals surface area (Å²) in [6, 6.07) is 9.48. The van der Waals surface area contributed by atoms with Crippen molar-refractivity contribution in [3.05, 3.63) is 52.0 Å². The molecule has 0 N–H and O–H groups in total. The molecule has 0 radical (unpaired) electrons. The van der Waals surface area contributed by atoms with Crippen LogP contribution in [-0.4, -0.2) is 33.1 Å². The fraction of sp³-hybridized carbons (Fsp3) is 0.158. The highest BCUT2D eigenvalue weighted by Crippen LogP contribution is 2.41. The lowest BCUT2D eigenvalue weighted by Gasteiger charge is -2.18. The highest BCUT2D eigenvalue weighted by Gasteiger charge is 2.40. The van der Waals surface area contributed by atoms with Gasteiger partial charge in [-0.15, -0.1) is 0 Å². The molecule has 0 saturated carbocycles. The average Bonchev–Trinajstić information content (AvgIpc) is 2.89. The van der Waals surface area contributed by atoms with Gasteiger partial charge in [0.1, 0.15) is 10.8 Å². The molecule has 2 aromatic rings. The predicted molar refractivity (Wildman–Crippen MR) is 103 cm³/mol. The molecule has 2 aromatic carbocycles. The second-order valence-electron chi connectivity index (χ2n) is 5.52. The number of imide groups is 1. The first-order valence-corrected chi connectivity index (χ1v) is 8.53. The summed E-state index contributed by atoms with van der Waals surface area (Å²) < 4.78 is 15.7. The third kappa shape index (κ3) is 3.22. The summed E-state index contributed by atoms with van der Waals surface area (Å²) in [5, 5.41) is 0.149. The number of carbonyl (C=O) groups is 2. The van der Waals surface area contributed by atoms with E-state index in [1.54, 1.807) is 30.3 Å². The summed E-state index contributed by atoms with van der Waals surface area (Å²) >= 11 is 12.3. The highest BCUT2D eigenvalue weighted by molar-refractivity contribution is 6.60. The van der Waals surface area contributed by atoms with Crippen molar-refractivity contribution in [2.45, 2.75) is 0 Å². The van der Waals surface area contributed by atoms with Crippen LogP contribution in [0.25, 0.3) is 5.57 Å². The van der Waals surface area contributed by atoms with Gasteiger partial charge >= 0.3 is 0 Å². The van der Waals surface area contributed by atoms with Crippen LogP contribution in [0.5, 0.6) is 17.2 Å². The number of nitrogens with zero attached hydrogens (tertiary/aromatic N) is 1. The fourth-order valence-corrected chi connectivity index (χ4v) is 3.24. The van der Waals surface area contributed by atoms with E-state index in [0.717, 1.165) is 4.90 Å². The number of anilines is 1. The molecule has 0 saturated heterocycles. The third-order valence-electron chi connectivity index (χ3n) is 4.08. The molecule has 0 fully saturated rings. The van der Waals surface area contributed by atoms with E-state index in [2.05, 4.69) is 0 Å². The summed E-state index contributed by atoms with van der Waals surface area (Å²) in [6.07, 6.45) is 0. The van der Waals surface area contributed by atoms with Gasteiger partial charge in [-0.05, 0) is 35.9 Å². The summed E-state index contributed by atoms with van der Waals surface area (Å²) in [6.45, 7) is 0. The van der Waals surface area contributed by atoms with Crippen molar-refractivity contribution in [1.82, 2.24) is 0 Å². The van der Waals surface area contributed by atoms with Crippen LogP contribution in [-0.2, 0) is 9.59 Å². The Hall–Kier alpha value is -2.70. The summed E-state index contributed by atoms with van der Waals surface area (Å²) in [4.78, 5) is 26.7. The maximum atomic E-state index is 13.1. The number of amides is 2. The van der Waals surface area contributed by atoms with E-state index in [0.29, 0.717) is 27.8 Å². The van der Waals surface area contributed by atoms with Gasteiger partial charge in [-0.2, -0.15) is 0 Å². The molecule has 0 bridgehead atoms. The largest absolute Gasteiger partial charge is 0.495 e. The minimum atomic E-state index is -0.660. The van der Waals surface area contributed by atoms with E-state index in [4.69, 9.17) is 37.4 Å². The Labute approximate surface area is 165 Å². The van der Waals surface area contributed by atoms with Gasteiger partial charge < -0.3 is 14.2 Å². The second-order valence-corrected chi connectivity index (χ2v) is 6.34. The Morgan fingerprint density at radius 3 is 2.04 bits per heavy atom. The van der Waals surface area contributed by atoms with Crippen LogP contribution in [0, 0.1) is 0 Å². The molecule has 3 rings (SSSR count). The van der Waals surface area contributed by atoms with Gasteiger partial charge in [0.25, 0.3) is 11.8 Å². The van der Waals surface area contributed by atoms with Gasteiger partial charge in [0.2, 0.25) is 0 Å². The molecule has 1 aliphatic heterocycles. The summed E-state index contributed by atoms with van der Waals surface area (Å²) in [5.41, 5.74) is 0.706. The lowest BCUT2D eigenvalue weighted by atomic mass is 10.1. The number of ether oxygens (including phenoxy) is 3. The molecule has 1 heterocycles. The van der Waals surface area contributed by atoms with E-state index in [1.807, 2.05) is 0 Å². The van der Waals surface area contributed by atoms with Crippen molar-refractivity contribution < 1.29 is 23.8 Å². The molecule has 27 heavy (non-hydrogen) atoms. The van der Waals surface area contributed by atoms with E-state index < -0.39 is 11.8 Å². The molecular weight excluding hydrogens is 393 g/mol. The number of carbonyl (C=O) groups excluding carboxylic acids is 2. The minimum absolute atomic E-state index is 0.0599. The normalized spacial score (nSPS) is 14.0. The van der Waals surface area contributed by atoms with Crippen molar-refractivity contribution in [2.24, 2.45) is 0 Å².